The predicted molar refractivity (Wildman–Crippen MR) is 152 cm³/mol. The summed E-state index contributed by atoms with van der Waals surface area (Å²) in [5.74, 6) is 1.71. The van der Waals surface area contributed by atoms with Gasteiger partial charge in [0.2, 0.25) is 11.9 Å². The Balaban J connectivity index is 0.00000186. The van der Waals surface area contributed by atoms with Crippen molar-refractivity contribution >= 4 is 51.4 Å². The van der Waals surface area contributed by atoms with Gasteiger partial charge in [0.05, 0.1) is 5.39 Å². The lowest BCUT2D eigenvalue weighted by Gasteiger charge is -2.35. The summed E-state index contributed by atoms with van der Waals surface area (Å²) in [6.45, 7) is 15.0. The molecule has 0 spiro atoms. The second-order valence-corrected chi connectivity index (χ2v) is 9.26. The van der Waals surface area contributed by atoms with Gasteiger partial charge in [-0.25, -0.2) is 4.98 Å². The van der Waals surface area contributed by atoms with Crippen molar-refractivity contribution in [3.63, 3.8) is 0 Å². The molecule has 37 heavy (non-hydrogen) atoms. The zero-order chi connectivity index (χ0) is 26.8. The van der Waals surface area contributed by atoms with Crippen LogP contribution in [0.1, 0.15) is 56.8 Å². The minimum absolute atomic E-state index is 0.139. The number of carbonyl (C=O) groups is 1. The Morgan fingerprint density at radius 1 is 1.24 bits per heavy atom. The van der Waals surface area contributed by atoms with E-state index in [1.165, 1.54) is 9.72 Å². The molecule has 4 heterocycles. The fourth-order valence-electron chi connectivity index (χ4n) is 4.02. The highest BCUT2D eigenvalue weighted by atomic mass is 32.1. The van der Waals surface area contributed by atoms with Crippen LogP contribution < -0.4 is 15.1 Å². The van der Waals surface area contributed by atoms with E-state index in [0.717, 1.165) is 41.2 Å². The van der Waals surface area contributed by atoms with Crippen molar-refractivity contribution in [2.24, 2.45) is 0 Å². The highest BCUT2D eigenvalue weighted by molar-refractivity contribution is 7.18. The van der Waals surface area contributed by atoms with Crippen LogP contribution >= 0.6 is 11.3 Å². The first-order valence-electron chi connectivity index (χ1n) is 12.9. The largest absolute Gasteiger partial charge is 0.395 e. The highest BCUT2D eigenvalue weighted by Crippen LogP contribution is 2.32. The molecule has 0 atom stereocenters. The number of anilines is 2. The monoisotopic (exact) mass is 526 g/mol. The molecule has 3 aromatic rings. The molecule has 0 aromatic carbocycles. The second kappa shape index (κ2) is 13.7. The van der Waals surface area contributed by atoms with E-state index in [1.54, 1.807) is 17.4 Å². The van der Waals surface area contributed by atoms with Gasteiger partial charge in [-0.15, -0.1) is 16.4 Å². The van der Waals surface area contributed by atoms with E-state index in [0.29, 0.717) is 44.2 Å². The number of amides is 1. The zero-order valence-electron chi connectivity index (χ0n) is 22.5. The van der Waals surface area contributed by atoms with Crippen LogP contribution in [-0.4, -0.2) is 75.8 Å². The molecule has 200 valence electrons. The van der Waals surface area contributed by atoms with Gasteiger partial charge in [-0.3, -0.25) is 4.79 Å². The number of carbonyl (C=O) groups excluding carboxylic acids is 1. The molecular formula is C26H38N8O2S. The lowest BCUT2D eigenvalue weighted by molar-refractivity contribution is -0.131. The molecule has 1 saturated heterocycles. The molecule has 0 saturated carbocycles. The van der Waals surface area contributed by atoms with Crippen LogP contribution in [0.15, 0.2) is 18.7 Å². The number of aryl methyl sites for hydroxylation is 1. The number of fused-ring (bicyclic) bond motifs is 1. The van der Waals surface area contributed by atoms with E-state index >= 15 is 0 Å². The number of aromatic nitrogens is 5. The van der Waals surface area contributed by atoms with Gasteiger partial charge in [0.15, 0.2) is 0 Å². The highest BCUT2D eigenvalue weighted by Gasteiger charge is 2.24. The molecule has 4 rings (SSSR count). The standard InChI is InChI=1S/C24H32N8O2S.C2H6/c1-5-9-20-19(7-3)28-29-32(20)34-15-8-10-21(33)30-11-13-31(14-12-30)22-18-16-17(6-2)35-23(18)27-24(25-4)26-22;1-2/h5,7,9,16H,3,6,8,10-15H2,1-2,4H3,(H,25,26,27);1-2H3/b9-5-;. The smallest absolute Gasteiger partial charge is 0.225 e. The Hall–Kier alpha value is -3.47. The van der Waals surface area contributed by atoms with Gasteiger partial charge in [-0.1, -0.05) is 38.3 Å². The van der Waals surface area contributed by atoms with Crippen LogP contribution in [0.4, 0.5) is 11.8 Å². The Morgan fingerprint density at radius 3 is 2.65 bits per heavy atom. The van der Waals surface area contributed by atoms with Crippen molar-refractivity contribution in [1.29, 1.82) is 0 Å². The van der Waals surface area contributed by atoms with Crippen molar-refractivity contribution in [3.8, 4) is 0 Å². The lowest BCUT2D eigenvalue weighted by atomic mass is 10.2. The number of nitrogens with one attached hydrogen (secondary N) is 1. The summed E-state index contributed by atoms with van der Waals surface area (Å²) in [5, 5.41) is 12.2. The molecular weight excluding hydrogens is 488 g/mol. The number of thiophene rings is 1. The molecule has 11 heteroatoms. The molecule has 1 fully saturated rings. The van der Waals surface area contributed by atoms with Gasteiger partial charge >= 0.3 is 0 Å². The third-order valence-corrected chi connectivity index (χ3v) is 7.07. The summed E-state index contributed by atoms with van der Waals surface area (Å²) in [6, 6.07) is 2.20. The first kappa shape index (κ1) is 28.1. The van der Waals surface area contributed by atoms with Gasteiger partial charge in [0.1, 0.15) is 28.6 Å². The van der Waals surface area contributed by atoms with E-state index in [2.05, 4.69) is 45.1 Å². The van der Waals surface area contributed by atoms with E-state index in [1.807, 2.05) is 44.9 Å². The SMILES string of the molecule is C=Cc1nnn(OCCCC(=O)N2CCN(c3nc(NC)nc4sc(CC)cc34)CC2)c1/C=C\C.CC. The number of rotatable bonds is 10. The molecule has 1 amide bonds. The van der Waals surface area contributed by atoms with Crippen molar-refractivity contribution in [2.75, 3.05) is 50.1 Å². The molecule has 3 aromatic heterocycles. The summed E-state index contributed by atoms with van der Waals surface area (Å²) >= 11 is 1.71. The molecule has 1 N–H and O–H groups in total. The van der Waals surface area contributed by atoms with Crippen molar-refractivity contribution < 1.29 is 9.63 Å². The number of hydrogen-bond acceptors (Lipinski definition) is 9. The van der Waals surface area contributed by atoms with Gasteiger partial charge in [0, 0.05) is 44.5 Å². The van der Waals surface area contributed by atoms with Crippen LogP contribution in [0, 0.1) is 0 Å². The maximum Gasteiger partial charge on any atom is 0.225 e. The van der Waals surface area contributed by atoms with Crippen molar-refractivity contribution in [1.82, 2.24) is 30.0 Å². The Labute approximate surface area is 223 Å². The molecule has 0 radical (unpaired) electrons. The Morgan fingerprint density at radius 2 is 2.00 bits per heavy atom. The quantitative estimate of drug-likeness (QED) is 0.393. The summed E-state index contributed by atoms with van der Waals surface area (Å²) in [7, 11) is 1.84. The van der Waals surface area contributed by atoms with Gasteiger partial charge < -0.3 is 20.0 Å². The van der Waals surface area contributed by atoms with Crippen LogP contribution in [0.3, 0.4) is 0 Å². The van der Waals surface area contributed by atoms with Crippen molar-refractivity contribution in [3.05, 3.63) is 35.0 Å². The topological polar surface area (TPSA) is 101 Å². The zero-order valence-corrected chi connectivity index (χ0v) is 23.3. The molecule has 0 unspecified atom stereocenters. The second-order valence-electron chi connectivity index (χ2n) is 8.15. The number of hydrogen-bond donors (Lipinski definition) is 1. The first-order chi connectivity index (χ1) is 18.1. The molecule has 0 aliphatic carbocycles. The normalized spacial score (nSPS) is 13.5. The Bertz CT molecular complexity index is 1210. The van der Waals surface area contributed by atoms with Gasteiger partial charge in [-0.05, 0) is 43.2 Å². The third-order valence-electron chi connectivity index (χ3n) is 5.90. The summed E-state index contributed by atoms with van der Waals surface area (Å²) < 4.78 is 0. The lowest BCUT2D eigenvalue weighted by Crippen LogP contribution is -2.49. The first-order valence-corrected chi connectivity index (χ1v) is 13.7. The number of piperazine rings is 1. The minimum Gasteiger partial charge on any atom is -0.395 e. The minimum atomic E-state index is 0.139. The number of nitrogens with zero attached hydrogens (tertiary/aromatic N) is 7. The maximum absolute atomic E-state index is 12.8. The van der Waals surface area contributed by atoms with Crippen molar-refractivity contribution in [2.45, 2.75) is 47.0 Å². The van der Waals surface area contributed by atoms with Crippen LogP contribution in [0.2, 0.25) is 0 Å². The average molecular weight is 527 g/mol. The number of allylic oxidation sites excluding steroid dienone is 1. The molecule has 1 aliphatic heterocycles. The van der Waals surface area contributed by atoms with Gasteiger partial charge in [-0.2, -0.15) is 4.98 Å². The van der Waals surface area contributed by atoms with E-state index < -0.39 is 0 Å². The summed E-state index contributed by atoms with van der Waals surface area (Å²) in [4.78, 5) is 35.7. The van der Waals surface area contributed by atoms with Crippen LogP contribution in [0.5, 0.6) is 0 Å². The average Bonchev–Trinajstić information content (AvgIpc) is 3.55. The van der Waals surface area contributed by atoms with Crippen LogP contribution in [-0.2, 0) is 11.2 Å². The van der Waals surface area contributed by atoms with E-state index in [9.17, 15) is 4.79 Å². The third kappa shape index (κ3) is 6.65. The summed E-state index contributed by atoms with van der Waals surface area (Å²) in [5.41, 5.74) is 1.40. The van der Waals surface area contributed by atoms with Gasteiger partial charge in [0.25, 0.3) is 0 Å². The predicted octanol–water partition coefficient (Wildman–Crippen LogP) is 4.15. The molecule has 1 aliphatic rings. The van der Waals surface area contributed by atoms with E-state index in [4.69, 9.17) is 9.82 Å². The van der Waals surface area contributed by atoms with E-state index in [-0.39, 0.29) is 5.91 Å². The Kier molecular flexibility index (Phi) is 10.4. The fourth-order valence-corrected chi connectivity index (χ4v) is 4.98. The maximum atomic E-state index is 12.8. The molecule has 0 bridgehead atoms. The fraction of sp³-hybridized carbons (Fsp3) is 0.500. The van der Waals surface area contributed by atoms with Crippen LogP contribution in [0.25, 0.3) is 22.4 Å². The molecule has 10 nitrogen and oxygen atoms in total. The summed E-state index contributed by atoms with van der Waals surface area (Å²) in [6.07, 6.45) is 7.40.